The van der Waals surface area contributed by atoms with Crippen molar-refractivity contribution >= 4 is 0 Å². The summed E-state index contributed by atoms with van der Waals surface area (Å²) in [6, 6.07) is 0.755. The average Bonchev–Trinajstić information content (AvgIpc) is 2.08. The molecule has 0 aromatic rings. The third kappa shape index (κ3) is 3.68. The van der Waals surface area contributed by atoms with Crippen LogP contribution in [0.5, 0.6) is 0 Å². The Morgan fingerprint density at radius 1 is 1.23 bits per heavy atom. The molecule has 0 radical (unpaired) electrons. The van der Waals surface area contributed by atoms with E-state index in [2.05, 4.69) is 33.0 Å². The Morgan fingerprint density at radius 2 is 1.92 bits per heavy atom. The lowest BCUT2D eigenvalue weighted by molar-refractivity contribution is 0.250. The molecular formula is C12H25N. The highest BCUT2D eigenvalue weighted by Gasteiger charge is 2.20. The minimum Gasteiger partial charge on any atom is -0.314 e. The monoisotopic (exact) mass is 183 g/mol. The Morgan fingerprint density at radius 3 is 2.38 bits per heavy atom. The first-order valence-corrected chi connectivity index (χ1v) is 5.83. The van der Waals surface area contributed by atoms with Crippen LogP contribution >= 0.6 is 0 Å². The first-order valence-electron chi connectivity index (χ1n) is 5.83. The molecule has 3 unspecified atom stereocenters. The van der Waals surface area contributed by atoms with Gasteiger partial charge in [0, 0.05) is 6.04 Å². The Labute approximate surface area is 83.3 Å². The molecule has 1 N–H and O–H groups in total. The predicted octanol–water partition coefficient (Wildman–Crippen LogP) is 3.06. The van der Waals surface area contributed by atoms with Crippen LogP contribution in [0.1, 0.15) is 47.0 Å². The van der Waals surface area contributed by atoms with Crippen LogP contribution in [0, 0.1) is 17.8 Å². The van der Waals surface area contributed by atoms with Gasteiger partial charge in [-0.3, -0.25) is 0 Å². The van der Waals surface area contributed by atoms with E-state index in [9.17, 15) is 0 Å². The molecular weight excluding hydrogens is 158 g/mol. The van der Waals surface area contributed by atoms with Crippen molar-refractivity contribution in [3.8, 4) is 0 Å². The fraction of sp³-hybridized carbons (Fsp3) is 1.00. The number of rotatable bonds is 3. The van der Waals surface area contributed by atoms with Gasteiger partial charge in [0.05, 0.1) is 0 Å². The molecule has 0 bridgehead atoms. The fourth-order valence-corrected chi connectivity index (χ4v) is 2.06. The van der Waals surface area contributed by atoms with Crippen molar-refractivity contribution in [2.24, 2.45) is 17.8 Å². The van der Waals surface area contributed by atoms with Crippen LogP contribution in [0.2, 0.25) is 0 Å². The van der Waals surface area contributed by atoms with Gasteiger partial charge in [-0.1, -0.05) is 20.8 Å². The Balaban J connectivity index is 2.22. The highest BCUT2D eigenvalue weighted by molar-refractivity contribution is 4.76. The first kappa shape index (κ1) is 11.0. The summed E-state index contributed by atoms with van der Waals surface area (Å²) in [4.78, 5) is 0. The minimum absolute atomic E-state index is 0.755. The lowest BCUT2D eigenvalue weighted by Crippen LogP contribution is -2.37. The van der Waals surface area contributed by atoms with E-state index in [0.717, 1.165) is 23.8 Å². The Kier molecular flexibility index (Phi) is 4.24. The van der Waals surface area contributed by atoms with E-state index >= 15 is 0 Å². The standard InChI is InChI=1S/C12H25N/c1-9(2)10(3)7-12-6-5-11(4)13-8-12/h9-13H,5-8H2,1-4H3. The second kappa shape index (κ2) is 4.99. The van der Waals surface area contributed by atoms with E-state index in [1.165, 1.54) is 25.8 Å². The minimum atomic E-state index is 0.755. The van der Waals surface area contributed by atoms with Crippen molar-refractivity contribution in [1.82, 2.24) is 5.32 Å². The molecule has 78 valence electrons. The molecule has 0 spiro atoms. The molecule has 1 heteroatoms. The van der Waals surface area contributed by atoms with Crippen molar-refractivity contribution < 1.29 is 0 Å². The van der Waals surface area contributed by atoms with Crippen LogP contribution in [0.4, 0.5) is 0 Å². The zero-order valence-corrected chi connectivity index (χ0v) is 9.64. The van der Waals surface area contributed by atoms with Gasteiger partial charge in [-0.05, 0) is 50.5 Å². The molecule has 1 aliphatic rings. The maximum absolute atomic E-state index is 3.58. The SMILES string of the molecule is CC1CCC(CC(C)C(C)C)CN1. The van der Waals surface area contributed by atoms with Crippen LogP contribution in [-0.2, 0) is 0 Å². The normalized spacial score (nSPS) is 32.1. The summed E-state index contributed by atoms with van der Waals surface area (Å²) >= 11 is 0. The third-order valence-electron chi connectivity index (χ3n) is 3.61. The molecule has 0 aromatic heterocycles. The van der Waals surface area contributed by atoms with E-state index in [-0.39, 0.29) is 0 Å². The lowest BCUT2D eigenvalue weighted by atomic mass is 9.83. The summed E-state index contributed by atoms with van der Waals surface area (Å²) < 4.78 is 0. The second-order valence-corrected chi connectivity index (χ2v) is 5.21. The molecule has 1 aliphatic heterocycles. The van der Waals surface area contributed by atoms with Crippen molar-refractivity contribution in [2.45, 2.75) is 53.0 Å². The van der Waals surface area contributed by atoms with Crippen molar-refractivity contribution in [2.75, 3.05) is 6.54 Å². The fourth-order valence-electron chi connectivity index (χ4n) is 2.06. The number of hydrogen-bond donors (Lipinski definition) is 1. The van der Waals surface area contributed by atoms with Gasteiger partial charge in [0.2, 0.25) is 0 Å². The quantitative estimate of drug-likeness (QED) is 0.709. The van der Waals surface area contributed by atoms with E-state index < -0.39 is 0 Å². The van der Waals surface area contributed by atoms with Gasteiger partial charge in [-0.2, -0.15) is 0 Å². The molecule has 1 nitrogen and oxygen atoms in total. The van der Waals surface area contributed by atoms with Crippen LogP contribution in [-0.4, -0.2) is 12.6 Å². The van der Waals surface area contributed by atoms with Crippen LogP contribution in [0.15, 0.2) is 0 Å². The zero-order chi connectivity index (χ0) is 9.84. The van der Waals surface area contributed by atoms with Gasteiger partial charge in [0.25, 0.3) is 0 Å². The molecule has 13 heavy (non-hydrogen) atoms. The smallest absolute Gasteiger partial charge is 0.00389 e. The van der Waals surface area contributed by atoms with Crippen LogP contribution in [0.3, 0.4) is 0 Å². The van der Waals surface area contributed by atoms with E-state index in [4.69, 9.17) is 0 Å². The van der Waals surface area contributed by atoms with Gasteiger partial charge in [-0.15, -0.1) is 0 Å². The van der Waals surface area contributed by atoms with Gasteiger partial charge >= 0.3 is 0 Å². The molecule has 1 heterocycles. The summed E-state index contributed by atoms with van der Waals surface area (Å²) in [7, 11) is 0. The maximum Gasteiger partial charge on any atom is 0.00389 e. The second-order valence-electron chi connectivity index (χ2n) is 5.21. The summed E-state index contributed by atoms with van der Waals surface area (Å²) in [6.07, 6.45) is 4.22. The molecule has 1 saturated heterocycles. The molecule has 0 saturated carbocycles. The Bertz CT molecular complexity index is 134. The third-order valence-corrected chi connectivity index (χ3v) is 3.61. The average molecular weight is 183 g/mol. The molecule has 0 aliphatic carbocycles. The van der Waals surface area contributed by atoms with Gasteiger partial charge in [0.1, 0.15) is 0 Å². The maximum atomic E-state index is 3.58. The van der Waals surface area contributed by atoms with Gasteiger partial charge in [0.15, 0.2) is 0 Å². The molecule has 0 amide bonds. The van der Waals surface area contributed by atoms with Crippen LogP contribution < -0.4 is 5.32 Å². The highest BCUT2D eigenvalue weighted by atomic mass is 14.9. The van der Waals surface area contributed by atoms with E-state index in [1.54, 1.807) is 0 Å². The largest absolute Gasteiger partial charge is 0.314 e. The Hall–Kier alpha value is -0.0400. The van der Waals surface area contributed by atoms with Gasteiger partial charge in [-0.25, -0.2) is 0 Å². The van der Waals surface area contributed by atoms with Crippen LogP contribution in [0.25, 0.3) is 0 Å². The summed E-state index contributed by atoms with van der Waals surface area (Å²) in [6.45, 7) is 10.6. The zero-order valence-electron chi connectivity index (χ0n) is 9.64. The molecule has 1 fully saturated rings. The highest BCUT2D eigenvalue weighted by Crippen LogP contribution is 2.25. The summed E-state index contributed by atoms with van der Waals surface area (Å²) in [5.41, 5.74) is 0. The van der Waals surface area contributed by atoms with Crippen molar-refractivity contribution in [1.29, 1.82) is 0 Å². The number of hydrogen-bond acceptors (Lipinski definition) is 1. The molecule has 0 aromatic carbocycles. The van der Waals surface area contributed by atoms with Gasteiger partial charge < -0.3 is 5.32 Å². The first-order chi connectivity index (χ1) is 6.09. The summed E-state index contributed by atoms with van der Waals surface area (Å²) in [5, 5.41) is 3.58. The van der Waals surface area contributed by atoms with Crippen molar-refractivity contribution in [3.63, 3.8) is 0 Å². The summed E-state index contributed by atoms with van der Waals surface area (Å²) in [5.74, 6) is 2.67. The van der Waals surface area contributed by atoms with Crippen molar-refractivity contribution in [3.05, 3.63) is 0 Å². The molecule has 1 rings (SSSR count). The predicted molar refractivity (Wildman–Crippen MR) is 58.8 cm³/mol. The molecule has 3 atom stereocenters. The number of piperidine rings is 1. The topological polar surface area (TPSA) is 12.0 Å². The number of nitrogens with one attached hydrogen (secondary N) is 1. The van der Waals surface area contributed by atoms with E-state index in [1.807, 2.05) is 0 Å². The lowest BCUT2D eigenvalue weighted by Gasteiger charge is -2.30. The van der Waals surface area contributed by atoms with E-state index in [0.29, 0.717) is 0 Å².